The quantitative estimate of drug-likeness (QED) is 0.670. The lowest BCUT2D eigenvalue weighted by Crippen LogP contribution is -2.26. The maximum Gasteiger partial charge on any atom is 0.407 e. The predicted molar refractivity (Wildman–Crippen MR) is 93.0 cm³/mol. The molecule has 0 aliphatic heterocycles. The van der Waals surface area contributed by atoms with E-state index < -0.39 is 6.09 Å². The maximum absolute atomic E-state index is 11.7. The number of fused-ring (bicyclic) bond motifs is 1. The van der Waals surface area contributed by atoms with Gasteiger partial charge in [-0.1, -0.05) is 29.8 Å². The van der Waals surface area contributed by atoms with E-state index in [9.17, 15) is 9.90 Å². The van der Waals surface area contributed by atoms with Gasteiger partial charge in [0, 0.05) is 23.6 Å². The number of H-pyrrole nitrogens is 1. The Morgan fingerprint density at radius 1 is 1.21 bits per heavy atom. The zero-order valence-corrected chi connectivity index (χ0v) is 13.5. The summed E-state index contributed by atoms with van der Waals surface area (Å²) >= 11 is 0. The van der Waals surface area contributed by atoms with E-state index in [2.05, 4.69) is 10.3 Å². The van der Waals surface area contributed by atoms with Gasteiger partial charge in [0.15, 0.2) is 0 Å². The highest BCUT2D eigenvalue weighted by Crippen LogP contribution is 2.23. The van der Waals surface area contributed by atoms with Crippen molar-refractivity contribution in [3.63, 3.8) is 0 Å². The Labute approximate surface area is 140 Å². The molecular weight excluding hydrogens is 304 g/mol. The SMILES string of the molecule is Cc1ccc(COC(=O)NCCc2c[nH]c3ccc(O)cc23)cc1. The molecule has 0 unspecified atom stereocenters. The first-order valence-corrected chi connectivity index (χ1v) is 7.87. The normalized spacial score (nSPS) is 10.7. The van der Waals surface area contributed by atoms with Crippen molar-refractivity contribution in [2.45, 2.75) is 20.0 Å². The Morgan fingerprint density at radius 3 is 2.79 bits per heavy atom. The standard InChI is InChI=1S/C19H20N2O3/c1-13-2-4-14(5-3-13)12-24-19(23)20-9-8-15-11-21-18-7-6-16(22)10-17(15)18/h2-7,10-11,21-22H,8-9,12H2,1H3,(H,20,23). The van der Waals surface area contributed by atoms with E-state index in [-0.39, 0.29) is 12.4 Å². The largest absolute Gasteiger partial charge is 0.508 e. The molecule has 3 rings (SSSR count). The number of hydrogen-bond donors (Lipinski definition) is 3. The van der Waals surface area contributed by atoms with E-state index in [1.807, 2.05) is 43.5 Å². The number of aromatic amines is 1. The number of hydrogen-bond acceptors (Lipinski definition) is 3. The van der Waals surface area contributed by atoms with Crippen LogP contribution >= 0.6 is 0 Å². The van der Waals surface area contributed by atoms with Crippen molar-refractivity contribution < 1.29 is 14.6 Å². The third-order valence-corrected chi connectivity index (χ3v) is 3.91. The summed E-state index contributed by atoms with van der Waals surface area (Å²) in [6, 6.07) is 13.1. The summed E-state index contributed by atoms with van der Waals surface area (Å²) in [7, 11) is 0. The second kappa shape index (κ2) is 7.08. The molecule has 5 nitrogen and oxygen atoms in total. The molecule has 1 heterocycles. The molecule has 0 fully saturated rings. The first-order valence-electron chi connectivity index (χ1n) is 7.87. The van der Waals surface area contributed by atoms with Crippen LogP contribution in [0, 0.1) is 6.92 Å². The van der Waals surface area contributed by atoms with Gasteiger partial charge in [-0.05, 0) is 42.7 Å². The third-order valence-electron chi connectivity index (χ3n) is 3.91. The number of carbonyl (C=O) groups excluding carboxylic acids is 1. The van der Waals surface area contributed by atoms with Crippen LogP contribution < -0.4 is 5.32 Å². The molecular formula is C19H20N2O3. The molecule has 3 N–H and O–H groups in total. The molecule has 3 aromatic rings. The number of alkyl carbamates (subject to hydrolysis) is 1. The first-order chi connectivity index (χ1) is 11.6. The highest BCUT2D eigenvalue weighted by atomic mass is 16.5. The summed E-state index contributed by atoms with van der Waals surface area (Å²) < 4.78 is 5.20. The lowest BCUT2D eigenvalue weighted by molar-refractivity contribution is 0.140. The maximum atomic E-state index is 11.7. The summed E-state index contributed by atoms with van der Waals surface area (Å²) in [5, 5.41) is 13.3. The summed E-state index contributed by atoms with van der Waals surface area (Å²) in [6.45, 7) is 2.74. The number of rotatable bonds is 5. The number of aromatic nitrogens is 1. The number of benzene rings is 2. The average Bonchev–Trinajstić information content (AvgIpc) is 2.97. The molecule has 0 spiro atoms. The molecule has 0 saturated carbocycles. The van der Waals surface area contributed by atoms with Crippen molar-refractivity contribution in [3.05, 3.63) is 65.4 Å². The van der Waals surface area contributed by atoms with Gasteiger partial charge in [0.2, 0.25) is 0 Å². The van der Waals surface area contributed by atoms with Gasteiger partial charge in [0.25, 0.3) is 0 Å². The van der Waals surface area contributed by atoms with Gasteiger partial charge in [0.05, 0.1) is 0 Å². The van der Waals surface area contributed by atoms with Gasteiger partial charge in [0.1, 0.15) is 12.4 Å². The Morgan fingerprint density at radius 2 is 2.00 bits per heavy atom. The minimum absolute atomic E-state index is 0.230. The third kappa shape index (κ3) is 3.87. The zero-order chi connectivity index (χ0) is 16.9. The van der Waals surface area contributed by atoms with Crippen LogP contribution in [0.1, 0.15) is 16.7 Å². The Bertz CT molecular complexity index is 837. The number of amides is 1. The molecule has 0 saturated heterocycles. The number of phenolic OH excluding ortho intramolecular Hbond substituents is 1. The fourth-order valence-corrected chi connectivity index (χ4v) is 2.56. The topological polar surface area (TPSA) is 74.3 Å². The molecule has 0 radical (unpaired) electrons. The van der Waals surface area contributed by atoms with E-state index >= 15 is 0 Å². The summed E-state index contributed by atoms with van der Waals surface area (Å²) in [4.78, 5) is 14.9. The summed E-state index contributed by atoms with van der Waals surface area (Å²) in [5.74, 6) is 0.230. The zero-order valence-electron chi connectivity index (χ0n) is 13.5. The number of aromatic hydroxyl groups is 1. The fourth-order valence-electron chi connectivity index (χ4n) is 2.56. The molecule has 24 heavy (non-hydrogen) atoms. The van der Waals surface area contributed by atoms with E-state index in [1.165, 1.54) is 5.56 Å². The van der Waals surface area contributed by atoms with Gasteiger partial charge >= 0.3 is 6.09 Å². The van der Waals surface area contributed by atoms with Crippen molar-refractivity contribution >= 4 is 17.0 Å². The smallest absolute Gasteiger partial charge is 0.407 e. The number of nitrogens with one attached hydrogen (secondary N) is 2. The van der Waals surface area contributed by atoms with Crippen LogP contribution in [-0.4, -0.2) is 22.7 Å². The Kier molecular flexibility index (Phi) is 4.70. The van der Waals surface area contributed by atoms with Crippen LogP contribution in [-0.2, 0) is 17.8 Å². The van der Waals surface area contributed by atoms with Crippen molar-refractivity contribution in [1.82, 2.24) is 10.3 Å². The van der Waals surface area contributed by atoms with Crippen molar-refractivity contribution in [2.75, 3.05) is 6.54 Å². The molecule has 1 amide bonds. The molecule has 5 heteroatoms. The lowest BCUT2D eigenvalue weighted by atomic mass is 10.1. The van der Waals surface area contributed by atoms with Gasteiger partial charge in [-0.15, -0.1) is 0 Å². The number of carbonyl (C=O) groups is 1. The number of phenols is 1. The van der Waals surface area contributed by atoms with Gasteiger partial charge in [-0.25, -0.2) is 4.79 Å². The summed E-state index contributed by atoms with van der Waals surface area (Å²) in [6.07, 6.45) is 2.12. The second-order valence-electron chi connectivity index (χ2n) is 5.78. The number of aryl methyl sites for hydroxylation is 1. The van der Waals surface area contributed by atoms with E-state index in [4.69, 9.17) is 4.74 Å². The van der Waals surface area contributed by atoms with Gasteiger partial charge in [-0.2, -0.15) is 0 Å². The minimum atomic E-state index is -0.432. The van der Waals surface area contributed by atoms with E-state index in [1.54, 1.807) is 12.1 Å². The molecule has 0 aliphatic carbocycles. The molecule has 0 aliphatic rings. The molecule has 2 aromatic carbocycles. The molecule has 1 aromatic heterocycles. The Hall–Kier alpha value is -2.95. The predicted octanol–water partition coefficient (Wildman–Crippen LogP) is 3.65. The minimum Gasteiger partial charge on any atom is -0.508 e. The monoisotopic (exact) mass is 324 g/mol. The van der Waals surface area contributed by atoms with Crippen LogP contribution in [0.3, 0.4) is 0 Å². The first kappa shape index (κ1) is 15.9. The van der Waals surface area contributed by atoms with E-state index in [0.717, 1.165) is 22.0 Å². The second-order valence-corrected chi connectivity index (χ2v) is 5.78. The summed E-state index contributed by atoms with van der Waals surface area (Å²) in [5.41, 5.74) is 4.14. The van der Waals surface area contributed by atoms with Crippen LogP contribution in [0.5, 0.6) is 5.75 Å². The van der Waals surface area contributed by atoms with Crippen LogP contribution in [0.4, 0.5) is 4.79 Å². The Balaban J connectivity index is 1.47. The van der Waals surface area contributed by atoms with Crippen molar-refractivity contribution in [3.8, 4) is 5.75 Å². The number of ether oxygens (including phenoxy) is 1. The van der Waals surface area contributed by atoms with Crippen molar-refractivity contribution in [1.29, 1.82) is 0 Å². The van der Waals surface area contributed by atoms with Crippen LogP contribution in [0.2, 0.25) is 0 Å². The van der Waals surface area contributed by atoms with E-state index in [0.29, 0.717) is 13.0 Å². The molecule has 0 bridgehead atoms. The lowest BCUT2D eigenvalue weighted by Gasteiger charge is -2.07. The van der Waals surface area contributed by atoms with Crippen molar-refractivity contribution in [2.24, 2.45) is 0 Å². The van der Waals surface area contributed by atoms with Gasteiger partial charge in [-0.3, -0.25) is 0 Å². The molecule has 124 valence electrons. The molecule has 0 atom stereocenters. The highest BCUT2D eigenvalue weighted by Gasteiger charge is 2.06. The van der Waals surface area contributed by atoms with Crippen LogP contribution in [0.15, 0.2) is 48.7 Å². The average molecular weight is 324 g/mol. The van der Waals surface area contributed by atoms with Crippen LogP contribution in [0.25, 0.3) is 10.9 Å². The highest BCUT2D eigenvalue weighted by molar-refractivity contribution is 5.84. The van der Waals surface area contributed by atoms with Gasteiger partial charge < -0.3 is 20.1 Å². The fraction of sp³-hybridized carbons (Fsp3) is 0.211.